The zero-order valence-corrected chi connectivity index (χ0v) is 19.0. The fourth-order valence-electron chi connectivity index (χ4n) is 5.34. The number of anilines is 1. The van der Waals surface area contributed by atoms with Crippen LogP contribution in [0.25, 0.3) is 10.9 Å². The van der Waals surface area contributed by atoms with Crippen LogP contribution in [0.5, 0.6) is 5.75 Å². The highest BCUT2D eigenvalue weighted by Gasteiger charge is 2.31. The van der Waals surface area contributed by atoms with Crippen molar-refractivity contribution in [3.63, 3.8) is 0 Å². The molecule has 168 valence electrons. The normalized spacial score (nSPS) is 20.0. The summed E-state index contributed by atoms with van der Waals surface area (Å²) in [5.74, 6) is 1.10. The van der Waals surface area contributed by atoms with Gasteiger partial charge in [-0.15, -0.1) is 0 Å². The Bertz CT molecular complexity index is 1100. The third-order valence-corrected chi connectivity index (χ3v) is 7.07. The quantitative estimate of drug-likeness (QED) is 0.632. The van der Waals surface area contributed by atoms with Crippen molar-refractivity contribution in [2.24, 2.45) is 7.05 Å². The third-order valence-electron chi connectivity index (χ3n) is 7.07. The van der Waals surface area contributed by atoms with E-state index >= 15 is 0 Å². The van der Waals surface area contributed by atoms with Crippen LogP contribution in [0.2, 0.25) is 0 Å². The summed E-state index contributed by atoms with van der Waals surface area (Å²) in [6, 6.07) is 16.9. The number of carbonyl (C=O) groups excluding carboxylic acids is 1. The number of aryl methyl sites for hydroxylation is 1. The van der Waals surface area contributed by atoms with Crippen LogP contribution < -0.4 is 9.64 Å². The number of fused-ring (bicyclic) bond motifs is 1. The maximum absolute atomic E-state index is 13.4. The number of piperazine rings is 1. The van der Waals surface area contributed by atoms with Crippen molar-refractivity contribution < 1.29 is 9.53 Å². The standard InChI is InChI=1S/C26H32N4O2/c1-27-19-22(21-9-3-4-10-23(21)27)26(31)30-13-7-8-20(18-30)28-14-16-29(17-15-28)24-11-5-6-12-25(24)32-2/h3-6,9-12,19-20H,7-8,13-18H2,1-2H3. The minimum absolute atomic E-state index is 0.166. The van der Waals surface area contributed by atoms with Crippen LogP contribution in [0.4, 0.5) is 5.69 Å². The monoisotopic (exact) mass is 432 g/mol. The Labute approximate surface area is 190 Å². The number of hydrogen-bond acceptors (Lipinski definition) is 4. The van der Waals surface area contributed by atoms with Crippen molar-refractivity contribution in [2.45, 2.75) is 18.9 Å². The van der Waals surface area contributed by atoms with E-state index in [0.29, 0.717) is 6.04 Å². The maximum atomic E-state index is 13.4. The lowest BCUT2D eigenvalue weighted by atomic mass is 10.0. The van der Waals surface area contributed by atoms with Gasteiger partial charge in [-0.05, 0) is 31.0 Å². The lowest BCUT2D eigenvalue weighted by molar-refractivity contribution is 0.0565. The van der Waals surface area contributed by atoms with Crippen LogP contribution in [-0.2, 0) is 7.05 Å². The van der Waals surface area contributed by atoms with Crippen molar-refractivity contribution in [3.8, 4) is 5.75 Å². The van der Waals surface area contributed by atoms with Gasteiger partial charge in [-0.3, -0.25) is 9.69 Å². The molecule has 2 aliphatic heterocycles. The molecule has 2 aromatic carbocycles. The zero-order valence-electron chi connectivity index (χ0n) is 19.0. The second-order valence-corrected chi connectivity index (χ2v) is 8.91. The van der Waals surface area contributed by atoms with Gasteiger partial charge < -0.3 is 19.1 Å². The van der Waals surface area contributed by atoms with Crippen LogP contribution in [0.15, 0.2) is 54.7 Å². The van der Waals surface area contributed by atoms with Crippen molar-refractivity contribution in [1.82, 2.24) is 14.4 Å². The summed E-state index contributed by atoms with van der Waals surface area (Å²) in [5.41, 5.74) is 3.10. The number of methoxy groups -OCH3 is 1. The Morgan fingerprint density at radius 1 is 0.969 bits per heavy atom. The number of ether oxygens (including phenoxy) is 1. The van der Waals surface area contributed by atoms with Crippen LogP contribution in [0, 0.1) is 0 Å². The number of aromatic nitrogens is 1. The molecular formula is C26H32N4O2. The number of rotatable bonds is 4. The topological polar surface area (TPSA) is 41.0 Å². The summed E-state index contributed by atoms with van der Waals surface area (Å²) < 4.78 is 7.61. The first-order valence-corrected chi connectivity index (χ1v) is 11.6. The number of para-hydroxylation sites is 3. The summed E-state index contributed by atoms with van der Waals surface area (Å²) >= 11 is 0. The average molecular weight is 433 g/mol. The van der Waals surface area contributed by atoms with Gasteiger partial charge in [-0.1, -0.05) is 30.3 Å². The summed E-state index contributed by atoms with van der Waals surface area (Å²) in [7, 11) is 3.75. The molecule has 6 nitrogen and oxygen atoms in total. The minimum Gasteiger partial charge on any atom is -0.495 e. The lowest BCUT2D eigenvalue weighted by Gasteiger charge is -2.44. The summed E-state index contributed by atoms with van der Waals surface area (Å²) in [6.07, 6.45) is 4.21. The van der Waals surface area contributed by atoms with Gasteiger partial charge >= 0.3 is 0 Å². The van der Waals surface area contributed by atoms with E-state index in [4.69, 9.17) is 4.74 Å². The van der Waals surface area contributed by atoms with Gasteiger partial charge in [-0.25, -0.2) is 0 Å². The van der Waals surface area contributed by atoms with E-state index in [9.17, 15) is 4.79 Å². The number of nitrogens with zero attached hydrogens (tertiary/aromatic N) is 4. The average Bonchev–Trinajstić information content (AvgIpc) is 3.20. The third kappa shape index (κ3) is 3.84. The Kier molecular flexibility index (Phi) is 5.79. The van der Waals surface area contributed by atoms with Gasteiger partial charge in [0, 0.05) is 69.5 Å². The fourth-order valence-corrected chi connectivity index (χ4v) is 5.34. The highest BCUT2D eigenvalue weighted by molar-refractivity contribution is 6.07. The van der Waals surface area contributed by atoms with Crippen molar-refractivity contribution in [3.05, 3.63) is 60.3 Å². The van der Waals surface area contributed by atoms with E-state index in [1.807, 2.05) is 37.5 Å². The van der Waals surface area contributed by atoms with Gasteiger partial charge in [0.25, 0.3) is 5.91 Å². The molecule has 0 bridgehead atoms. The predicted molar refractivity (Wildman–Crippen MR) is 129 cm³/mol. The molecule has 0 spiro atoms. The Balaban J connectivity index is 1.25. The summed E-state index contributed by atoms with van der Waals surface area (Å²) in [6.45, 7) is 5.65. The molecule has 1 aromatic heterocycles. The van der Waals surface area contributed by atoms with Crippen molar-refractivity contribution in [2.75, 3.05) is 51.3 Å². The molecule has 1 amide bonds. The van der Waals surface area contributed by atoms with Crippen LogP contribution in [0.3, 0.4) is 0 Å². The fraction of sp³-hybridized carbons (Fsp3) is 0.423. The van der Waals surface area contributed by atoms with E-state index in [-0.39, 0.29) is 5.91 Å². The van der Waals surface area contributed by atoms with E-state index in [1.54, 1.807) is 7.11 Å². The van der Waals surface area contributed by atoms with Crippen LogP contribution in [-0.4, -0.2) is 72.7 Å². The van der Waals surface area contributed by atoms with Gasteiger partial charge in [0.05, 0.1) is 18.4 Å². The molecule has 3 aromatic rings. The number of piperidine rings is 1. The zero-order chi connectivity index (χ0) is 22.1. The van der Waals surface area contributed by atoms with Crippen LogP contribution in [0.1, 0.15) is 23.2 Å². The largest absolute Gasteiger partial charge is 0.495 e. The molecule has 0 aliphatic carbocycles. The number of likely N-dealkylation sites (tertiary alicyclic amines) is 1. The van der Waals surface area contributed by atoms with Crippen LogP contribution >= 0.6 is 0 Å². The molecule has 2 fully saturated rings. The molecule has 0 saturated carbocycles. The molecule has 5 rings (SSSR count). The molecule has 1 unspecified atom stereocenters. The van der Waals surface area contributed by atoms with Crippen molar-refractivity contribution >= 4 is 22.5 Å². The summed E-state index contributed by atoms with van der Waals surface area (Å²) in [5, 5.41) is 1.05. The van der Waals surface area contributed by atoms with Gasteiger partial charge in [0.2, 0.25) is 0 Å². The number of benzene rings is 2. The van der Waals surface area contributed by atoms with Gasteiger partial charge in [0.1, 0.15) is 5.75 Å². The SMILES string of the molecule is COc1ccccc1N1CCN(C2CCCN(C(=O)c3cn(C)c4ccccc34)C2)CC1. The maximum Gasteiger partial charge on any atom is 0.256 e. The number of carbonyl (C=O) groups is 1. The van der Waals surface area contributed by atoms with E-state index in [0.717, 1.165) is 74.3 Å². The molecule has 0 N–H and O–H groups in total. The molecule has 0 radical (unpaired) electrons. The Morgan fingerprint density at radius 2 is 1.72 bits per heavy atom. The lowest BCUT2D eigenvalue weighted by Crippen LogP contribution is -2.55. The number of amides is 1. The Morgan fingerprint density at radius 3 is 2.53 bits per heavy atom. The van der Waals surface area contributed by atoms with E-state index in [1.165, 1.54) is 5.69 Å². The van der Waals surface area contributed by atoms with Gasteiger partial charge in [-0.2, -0.15) is 0 Å². The second kappa shape index (κ2) is 8.87. The molecule has 2 aliphatic rings. The predicted octanol–water partition coefficient (Wildman–Crippen LogP) is 3.61. The molecular weight excluding hydrogens is 400 g/mol. The smallest absolute Gasteiger partial charge is 0.256 e. The van der Waals surface area contributed by atoms with E-state index in [2.05, 4.69) is 43.5 Å². The summed E-state index contributed by atoms with van der Waals surface area (Å²) in [4.78, 5) is 20.5. The first-order valence-electron chi connectivity index (χ1n) is 11.6. The first kappa shape index (κ1) is 20.9. The highest BCUT2D eigenvalue weighted by Crippen LogP contribution is 2.30. The molecule has 2 saturated heterocycles. The first-order chi connectivity index (χ1) is 15.7. The highest BCUT2D eigenvalue weighted by atomic mass is 16.5. The number of hydrogen-bond donors (Lipinski definition) is 0. The van der Waals surface area contributed by atoms with Crippen molar-refractivity contribution in [1.29, 1.82) is 0 Å². The molecule has 3 heterocycles. The second-order valence-electron chi connectivity index (χ2n) is 8.91. The molecule has 6 heteroatoms. The minimum atomic E-state index is 0.166. The van der Waals surface area contributed by atoms with E-state index < -0.39 is 0 Å². The Hall–Kier alpha value is -2.99. The molecule has 1 atom stereocenters. The van der Waals surface area contributed by atoms with Gasteiger partial charge in [0.15, 0.2) is 0 Å². The molecule has 32 heavy (non-hydrogen) atoms.